The fourth-order valence-corrected chi connectivity index (χ4v) is 4.43. The van der Waals surface area contributed by atoms with E-state index in [1.807, 2.05) is 44.2 Å². The lowest BCUT2D eigenvalue weighted by molar-refractivity contribution is -0.0449. The Labute approximate surface area is 184 Å². The molecule has 31 heavy (non-hydrogen) atoms. The standard InChI is InChI=1S/C23H30N2O5S/c1-3-18(2)24-31(27,28)22-12-10-19(11-13-22)23(26)25-16-21(17-25)30-15-7-14-29-20-8-5-4-6-9-20/h4-6,8-13,18,21,24H,3,7,14-17H2,1-2H3/t18-/m1/s1. The van der Waals surface area contributed by atoms with Crippen LogP contribution in [0.4, 0.5) is 0 Å². The molecular weight excluding hydrogens is 416 g/mol. The highest BCUT2D eigenvalue weighted by Crippen LogP contribution is 2.18. The van der Waals surface area contributed by atoms with E-state index in [2.05, 4.69) is 4.72 Å². The minimum absolute atomic E-state index is 0.0278. The van der Waals surface area contributed by atoms with Gasteiger partial charge < -0.3 is 14.4 Å². The zero-order valence-corrected chi connectivity index (χ0v) is 18.8. The molecule has 1 aliphatic rings. The van der Waals surface area contributed by atoms with Crippen molar-refractivity contribution in [1.29, 1.82) is 0 Å². The first-order chi connectivity index (χ1) is 14.9. The largest absolute Gasteiger partial charge is 0.494 e. The Kier molecular flexibility index (Phi) is 8.06. The molecule has 1 amide bonds. The number of likely N-dealkylation sites (tertiary alicyclic amines) is 1. The third kappa shape index (κ3) is 6.53. The number of carbonyl (C=O) groups excluding carboxylic acids is 1. The van der Waals surface area contributed by atoms with Gasteiger partial charge in [-0.3, -0.25) is 4.79 Å². The summed E-state index contributed by atoms with van der Waals surface area (Å²) in [7, 11) is -3.57. The minimum Gasteiger partial charge on any atom is -0.494 e. The predicted octanol–water partition coefficient (Wildman–Crippen LogP) is 3.07. The molecule has 1 atom stereocenters. The monoisotopic (exact) mass is 446 g/mol. The van der Waals surface area contributed by atoms with Crippen molar-refractivity contribution in [2.75, 3.05) is 26.3 Å². The van der Waals surface area contributed by atoms with Crippen molar-refractivity contribution < 1.29 is 22.7 Å². The lowest BCUT2D eigenvalue weighted by Crippen LogP contribution is -2.54. The van der Waals surface area contributed by atoms with Crippen molar-refractivity contribution in [3.8, 4) is 5.75 Å². The first-order valence-electron chi connectivity index (χ1n) is 10.6. The highest BCUT2D eigenvalue weighted by atomic mass is 32.2. The van der Waals surface area contributed by atoms with E-state index in [1.165, 1.54) is 12.1 Å². The quantitative estimate of drug-likeness (QED) is 0.536. The van der Waals surface area contributed by atoms with Crippen molar-refractivity contribution in [2.45, 2.75) is 43.7 Å². The second-order valence-corrected chi connectivity index (χ2v) is 9.39. The van der Waals surface area contributed by atoms with Gasteiger partial charge in [0.15, 0.2) is 0 Å². The third-order valence-corrected chi connectivity index (χ3v) is 6.78. The SMILES string of the molecule is CC[C@@H](C)NS(=O)(=O)c1ccc(C(=O)N2CC(OCCCOc3ccccc3)C2)cc1. The summed E-state index contributed by atoms with van der Waals surface area (Å²) in [6.45, 7) is 5.96. The van der Waals surface area contributed by atoms with Crippen LogP contribution in [-0.2, 0) is 14.8 Å². The van der Waals surface area contributed by atoms with Gasteiger partial charge in [-0.15, -0.1) is 0 Å². The summed E-state index contributed by atoms with van der Waals surface area (Å²) < 4.78 is 38.7. The third-order valence-electron chi connectivity index (χ3n) is 5.17. The second-order valence-electron chi connectivity index (χ2n) is 7.67. The van der Waals surface area contributed by atoms with Gasteiger partial charge in [-0.2, -0.15) is 0 Å². The van der Waals surface area contributed by atoms with E-state index in [0.717, 1.165) is 12.2 Å². The maximum absolute atomic E-state index is 12.6. The molecule has 2 aromatic rings. The molecule has 7 nitrogen and oxygen atoms in total. The summed E-state index contributed by atoms with van der Waals surface area (Å²) >= 11 is 0. The average molecular weight is 447 g/mol. The number of rotatable bonds is 11. The summed E-state index contributed by atoms with van der Waals surface area (Å²) in [5.74, 6) is 0.725. The Bertz CT molecular complexity index is 942. The maximum Gasteiger partial charge on any atom is 0.254 e. The number of ether oxygens (including phenoxy) is 2. The van der Waals surface area contributed by atoms with Gasteiger partial charge in [0.05, 0.1) is 24.2 Å². The highest BCUT2D eigenvalue weighted by molar-refractivity contribution is 7.89. The molecule has 8 heteroatoms. The maximum atomic E-state index is 12.6. The average Bonchev–Trinajstić information content (AvgIpc) is 2.75. The van der Waals surface area contributed by atoms with E-state index < -0.39 is 10.0 Å². The van der Waals surface area contributed by atoms with Gasteiger partial charge in [0.25, 0.3) is 5.91 Å². The number of carbonyl (C=O) groups is 1. The van der Waals surface area contributed by atoms with Crippen LogP contribution in [0, 0.1) is 0 Å². The lowest BCUT2D eigenvalue weighted by atomic mass is 10.1. The van der Waals surface area contributed by atoms with Gasteiger partial charge in [0, 0.05) is 31.1 Å². The smallest absolute Gasteiger partial charge is 0.254 e. The van der Waals surface area contributed by atoms with Crippen molar-refractivity contribution in [3.63, 3.8) is 0 Å². The van der Waals surface area contributed by atoms with Crippen LogP contribution in [0.2, 0.25) is 0 Å². The Morgan fingerprint density at radius 3 is 2.42 bits per heavy atom. The van der Waals surface area contributed by atoms with Gasteiger partial charge in [-0.1, -0.05) is 25.1 Å². The van der Waals surface area contributed by atoms with E-state index in [-0.39, 0.29) is 22.9 Å². The fraction of sp³-hybridized carbons (Fsp3) is 0.435. The van der Waals surface area contributed by atoms with E-state index in [1.54, 1.807) is 17.0 Å². The molecule has 1 heterocycles. The first-order valence-corrected chi connectivity index (χ1v) is 12.1. The van der Waals surface area contributed by atoms with Crippen molar-refractivity contribution in [3.05, 3.63) is 60.2 Å². The van der Waals surface area contributed by atoms with Crippen LogP contribution in [0.15, 0.2) is 59.5 Å². The fourth-order valence-electron chi connectivity index (χ4n) is 3.10. The number of hydrogen-bond acceptors (Lipinski definition) is 5. The van der Waals surface area contributed by atoms with E-state index in [9.17, 15) is 13.2 Å². The molecule has 0 saturated carbocycles. The van der Waals surface area contributed by atoms with Crippen LogP contribution in [-0.4, -0.2) is 57.7 Å². The van der Waals surface area contributed by atoms with E-state index in [0.29, 0.717) is 38.3 Å². The zero-order chi connectivity index (χ0) is 22.3. The normalized spacial score (nSPS) is 15.4. The van der Waals surface area contributed by atoms with Gasteiger partial charge in [0.2, 0.25) is 10.0 Å². The number of nitrogens with zero attached hydrogens (tertiary/aromatic N) is 1. The summed E-state index contributed by atoms with van der Waals surface area (Å²) in [6, 6.07) is 15.6. The number of amides is 1. The molecule has 0 aromatic heterocycles. The number of nitrogens with one attached hydrogen (secondary N) is 1. The van der Waals surface area contributed by atoms with E-state index in [4.69, 9.17) is 9.47 Å². The van der Waals surface area contributed by atoms with Crippen LogP contribution in [0.3, 0.4) is 0 Å². The molecule has 1 N–H and O–H groups in total. The molecule has 0 spiro atoms. The molecule has 1 fully saturated rings. The van der Waals surface area contributed by atoms with Crippen LogP contribution in [0.25, 0.3) is 0 Å². The van der Waals surface area contributed by atoms with Crippen LogP contribution in [0.1, 0.15) is 37.0 Å². The predicted molar refractivity (Wildman–Crippen MR) is 119 cm³/mol. The number of sulfonamides is 1. The van der Waals surface area contributed by atoms with Crippen molar-refractivity contribution in [2.24, 2.45) is 0 Å². The zero-order valence-electron chi connectivity index (χ0n) is 18.0. The van der Waals surface area contributed by atoms with Crippen LogP contribution >= 0.6 is 0 Å². The molecule has 0 radical (unpaired) electrons. The number of para-hydroxylation sites is 1. The van der Waals surface area contributed by atoms with Crippen LogP contribution in [0.5, 0.6) is 5.75 Å². The highest BCUT2D eigenvalue weighted by Gasteiger charge is 2.32. The Morgan fingerprint density at radius 1 is 1.10 bits per heavy atom. The first kappa shape index (κ1) is 23.2. The van der Waals surface area contributed by atoms with Crippen molar-refractivity contribution in [1.82, 2.24) is 9.62 Å². The molecule has 1 saturated heterocycles. The summed E-state index contributed by atoms with van der Waals surface area (Å²) in [5.41, 5.74) is 0.470. The molecule has 0 unspecified atom stereocenters. The lowest BCUT2D eigenvalue weighted by Gasteiger charge is -2.39. The molecule has 0 aliphatic carbocycles. The minimum atomic E-state index is -3.57. The molecule has 2 aromatic carbocycles. The van der Waals surface area contributed by atoms with Gasteiger partial charge >= 0.3 is 0 Å². The summed E-state index contributed by atoms with van der Waals surface area (Å²) in [6.07, 6.45) is 1.51. The topological polar surface area (TPSA) is 84.9 Å². The molecular formula is C23H30N2O5S. The second kappa shape index (κ2) is 10.7. The summed E-state index contributed by atoms with van der Waals surface area (Å²) in [4.78, 5) is 14.4. The molecule has 3 rings (SSSR count). The molecule has 1 aliphatic heterocycles. The van der Waals surface area contributed by atoms with Gasteiger partial charge in [0.1, 0.15) is 5.75 Å². The Hall–Kier alpha value is -2.42. The molecule has 168 valence electrons. The number of benzene rings is 2. The van der Waals surface area contributed by atoms with Gasteiger partial charge in [-0.05, 0) is 49.7 Å². The van der Waals surface area contributed by atoms with Crippen LogP contribution < -0.4 is 9.46 Å². The Balaban J connectivity index is 1.38. The van der Waals surface area contributed by atoms with Gasteiger partial charge in [-0.25, -0.2) is 13.1 Å². The molecule has 0 bridgehead atoms. The summed E-state index contributed by atoms with van der Waals surface area (Å²) in [5, 5.41) is 0. The number of hydrogen-bond donors (Lipinski definition) is 1. The Morgan fingerprint density at radius 2 is 1.77 bits per heavy atom. The van der Waals surface area contributed by atoms with Crippen molar-refractivity contribution >= 4 is 15.9 Å². The van der Waals surface area contributed by atoms with E-state index >= 15 is 0 Å².